The number of benzene rings is 1. The van der Waals surface area contributed by atoms with E-state index in [4.69, 9.17) is 0 Å². The fourth-order valence-corrected chi connectivity index (χ4v) is 3.19. The van der Waals surface area contributed by atoms with E-state index in [2.05, 4.69) is 20.5 Å². The predicted molar refractivity (Wildman–Crippen MR) is 99.4 cm³/mol. The van der Waals surface area contributed by atoms with Gasteiger partial charge in [-0.3, -0.25) is 9.89 Å². The molecule has 4 rings (SSSR count). The van der Waals surface area contributed by atoms with Gasteiger partial charge in [-0.2, -0.15) is 5.10 Å². The minimum absolute atomic E-state index is 0.157. The average Bonchev–Trinajstić information content (AvgIpc) is 3.21. The molecule has 0 unspecified atom stereocenters. The van der Waals surface area contributed by atoms with E-state index in [1.54, 1.807) is 31.3 Å². The Morgan fingerprint density at radius 2 is 2.15 bits per heavy atom. The predicted octanol–water partition coefficient (Wildman–Crippen LogP) is 2.46. The van der Waals surface area contributed by atoms with Crippen molar-refractivity contribution in [3.05, 3.63) is 53.7 Å². The zero-order chi connectivity index (χ0) is 19.1. The monoisotopic (exact) mass is 367 g/mol. The number of carbonyl (C=O) groups excluding carboxylic acids is 1. The number of nitrogens with one attached hydrogen (secondary N) is 2. The maximum absolute atomic E-state index is 13.7. The zero-order valence-electron chi connectivity index (χ0n) is 14.8. The summed E-state index contributed by atoms with van der Waals surface area (Å²) in [4.78, 5) is 16.6. The van der Waals surface area contributed by atoms with Crippen molar-refractivity contribution in [1.29, 1.82) is 0 Å². The molecule has 1 atom stereocenters. The van der Waals surface area contributed by atoms with Crippen molar-refractivity contribution in [2.75, 3.05) is 6.54 Å². The molecule has 1 amide bonds. The van der Waals surface area contributed by atoms with E-state index in [1.165, 1.54) is 12.1 Å². The second-order valence-electron chi connectivity index (χ2n) is 6.49. The smallest absolute Gasteiger partial charge is 0.269 e. The Morgan fingerprint density at radius 1 is 1.33 bits per heavy atom. The molecule has 3 heterocycles. The van der Waals surface area contributed by atoms with Gasteiger partial charge in [0.15, 0.2) is 0 Å². The molecule has 3 N–H and O–H groups in total. The molecule has 0 aliphatic carbocycles. The van der Waals surface area contributed by atoms with Crippen LogP contribution < -0.4 is 5.32 Å². The van der Waals surface area contributed by atoms with Gasteiger partial charge < -0.3 is 15.0 Å². The Bertz CT molecular complexity index is 1160. The van der Waals surface area contributed by atoms with Gasteiger partial charge in [0, 0.05) is 11.9 Å². The molecule has 0 aliphatic rings. The molecule has 0 saturated heterocycles. The molecule has 27 heavy (non-hydrogen) atoms. The Labute approximate surface area is 153 Å². The molecular formula is C19H18FN5O2. The number of aryl methyl sites for hydroxylation is 1. The first-order chi connectivity index (χ1) is 13.0. The second kappa shape index (κ2) is 6.48. The summed E-state index contributed by atoms with van der Waals surface area (Å²) >= 11 is 0. The van der Waals surface area contributed by atoms with Gasteiger partial charge in [0.25, 0.3) is 5.91 Å². The van der Waals surface area contributed by atoms with Crippen LogP contribution in [0, 0.1) is 12.7 Å². The van der Waals surface area contributed by atoms with E-state index in [0.717, 1.165) is 27.6 Å². The highest BCUT2D eigenvalue weighted by molar-refractivity contribution is 6.07. The number of hydrogen-bond acceptors (Lipinski definition) is 4. The summed E-state index contributed by atoms with van der Waals surface area (Å²) in [7, 11) is 0. The van der Waals surface area contributed by atoms with Crippen LogP contribution in [-0.2, 0) is 0 Å². The minimum atomic E-state index is -0.629. The SMILES string of the molecule is Cc1nc(C(=O)NC[C@H](C)O)ccc1-n1c2ccc(F)cc2c2[nH]ncc21. The van der Waals surface area contributed by atoms with Crippen molar-refractivity contribution in [2.45, 2.75) is 20.0 Å². The quantitative estimate of drug-likeness (QED) is 0.516. The van der Waals surface area contributed by atoms with Crippen molar-refractivity contribution in [1.82, 2.24) is 25.1 Å². The number of amides is 1. The van der Waals surface area contributed by atoms with Gasteiger partial charge in [-0.1, -0.05) is 0 Å². The van der Waals surface area contributed by atoms with Crippen LogP contribution in [0.2, 0.25) is 0 Å². The summed E-state index contributed by atoms with van der Waals surface area (Å²) in [6.45, 7) is 3.56. The third kappa shape index (κ3) is 2.93. The molecule has 0 aliphatic heterocycles. The van der Waals surface area contributed by atoms with Crippen molar-refractivity contribution < 1.29 is 14.3 Å². The van der Waals surface area contributed by atoms with Crippen molar-refractivity contribution in [3.8, 4) is 5.69 Å². The molecule has 0 saturated carbocycles. The topological polar surface area (TPSA) is 95.8 Å². The van der Waals surface area contributed by atoms with Gasteiger partial charge in [-0.15, -0.1) is 0 Å². The molecule has 7 nitrogen and oxygen atoms in total. The first-order valence-corrected chi connectivity index (χ1v) is 8.53. The molecule has 0 spiro atoms. The summed E-state index contributed by atoms with van der Waals surface area (Å²) in [5, 5.41) is 19.6. The molecule has 8 heteroatoms. The van der Waals surface area contributed by atoms with Gasteiger partial charge in [0.05, 0.1) is 40.2 Å². The lowest BCUT2D eigenvalue weighted by molar-refractivity contribution is 0.0919. The number of rotatable bonds is 4. The van der Waals surface area contributed by atoms with E-state index in [9.17, 15) is 14.3 Å². The molecule has 0 bridgehead atoms. The molecule has 3 aromatic heterocycles. The van der Waals surface area contributed by atoms with Crippen LogP contribution in [0.5, 0.6) is 0 Å². The molecule has 0 radical (unpaired) electrons. The maximum atomic E-state index is 13.7. The number of hydrogen-bond donors (Lipinski definition) is 3. The number of aromatic nitrogens is 4. The Morgan fingerprint density at radius 3 is 2.89 bits per heavy atom. The lowest BCUT2D eigenvalue weighted by atomic mass is 10.2. The van der Waals surface area contributed by atoms with Crippen LogP contribution in [0.25, 0.3) is 27.6 Å². The first-order valence-electron chi connectivity index (χ1n) is 8.53. The van der Waals surface area contributed by atoms with Gasteiger partial charge in [0.2, 0.25) is 0 Å². The van der Waals surface area contributed by atoms with Crippen LogP contribution in [-0.4, -0.2) is 43.4 Å². The number of aromatic amines is 1. The van der Waals surface area contributed by atoms with E-state index in [-0.39, 0.29) is 24.0 Å². The van der Waals surface area contributed by atoms with Gasteiger partial charge in [-0.25, -0.2) is 9.37 Å². The highest BCUT2D eigenvalue weighted by atomic mass is 19.1. The van der Waals surface area contributed by atoms with E-state index in [1.807, 2.05) is 11.5 Å². The van der Waals surface area contributed by atoms with Crippen molar-refractivity contribution in [3.63, 3.8) is 0 Å². The molecule has 138 valence electrons. The number of H-pyrrole nitrogens is 1. The van der Waals surface area contributed by atoms with Gasteiger partial charge in [0.1, 0.15) is 11.5 Å². The zero-order valence-corrected chi connectivity index (χ0v) is 14.8. The molecule has 4 aromatic rings. The standard InChI is InChI=1S/C19H18FN5O2/c1-10(26)8-21-19(27)14-4-6-15(11(2)23-14)25-16-5-3-12(20)7-13(16)18-17(25)9-22-24-18/h3-7,9-10,26H,8H2,1-2H3,(H,21,27)(H,22,24)/t10-/m0/s1. The molecule has 1 aromatic carbocycles. The summed E-state index contributed by atoms with van der Waals surface area (Å²) in [6, 6.07) is 8.01. The van der Waals surface area contributed by atoms with Crippen LogP contribution in [0.1, 0.15) is 23.1 Å². The summed E-state index contributed by atoms with van der Waals surface area (Å²) in [5.74, 6) is -0.672. The normalized spacial score (nSPS) is 12.6. The lowest BCUT2D eigenvalue weighted by Crippen LogP contribution is -2.31. The van der Waals surface area contributed by atoms with Gasteiger partial charge in [-0.05, 0) is 44.2 Å². The fourth-order valence-electron chi connectivity index (χ4n) is 3.19. The molecular weight excluding hydrogens is 349 g/mol. The fraction of sp³-hybridized carbons (Fsp3) is 0.211. The number of pyridine rings is 1. The first kappa shape index (κ1) is 17.2. The van der Waals surface area contributed by atoms with Crippen molar-refractivity contribution >= 4 is 27.8 Å². The second-order valence-corrected chi connectivity index (χ2v) is 6.49. The largest absolute Gasteiger partial charge is 0.392 e. The van der Waals surface area contributed by atoms with Crippen LogP contribution in [0.15, 0.2) is 36.5 Å². The molecule has 0 fully saturated rings. The number of aliphatic hydroxyl groups excluding tert-OH is 1. The Balaban J connectivity index is 1.82. The highest BCUT2D eigenvalue weighted by Crippen LogP contribution is 2.31. The Kier molecular flexibility index (Phi) is 4.12. The summed E-state index contributed by atoms with van der Waals surface area (Å²) < 4.78 is 15.7. The van der Waals surface area contributed by atoms with Gasteiger partial charge >= 0.3 is 0 Å². The highest BCUT2D eigenvalue weighted by Gasteiger charge is 2.17. The number of halogens is 1. The van der Waals surface area contributed by atoms with E-state index >= 15 is 0 Å². The maximum Gasteiger partial charge on any atom is 0.269 e. The van der Waals surface area contributed by atoms with Crippen molar-refractivity contribution in [2.24, 2.45) is 0 Å². The minimum Gasteiger partial charge on any atom is -0.392 e. The number of aliphatic hydroxyl groups is 1. The third-order valence-corrected chi connectivity index (χ3v) is 4.42. The van der Waals surface area contributed by atoms with Crippen LogP contribution in [0.4, 0.5) is 4.39 Å². The van der Waals surface area contributed by atoms with E-state index in [0.29, 0.717) is 5.69 Å². The Hall–Kier alpha value is -3.26. The van der Waals surface area contributed by atoms with Crippen LogP contribution >= 0.6 is 0 Å². The number of fused-ring (bicyclic) bond motifs is 3. The summed E-state index contributed by atoms with van der Waals surface area (Å²) in [6.07, 6.45) is 1.05. The average molecular weight is 367 g/mol. The lowest BCUT2D eigenvalue weighted by Gasteiger charge is -2.12. The third-order valence-electron chi connectivity index (χ3n) is 4.42. The van der Waals surface area contributed by atoms with E-state index < -0.39 is 6.10 Å². The van der Waals surface area contributed by atoms with Crippen LogP contribution in [0.3, 0.4) is 0 Å². The number of carbonyl (C=O) groups is 1. The number of nitrogens with zero attached hydrogens (tertiary/aromatic N) is 3. The summed E-state index contributed by atoms with van der Waals surface area (Å²) in [5.41, 5.74) is 4.03.